The Morgan fingerprint density at radius 1 is 1.11 bits per heavy atom. The number of hydrogen-bond donors (Lipinski definition) is 2. The van der Waals surface area contributed by atoms with Crippen LogP contribution in [0.15, 0.2) is 30.6 Å². The van der Waals surface area contributed by atoms with Gasteiger partial charge < -0.3 is 10.6 Å². The summed E-state index contributed by atoms with van der Waals surface area (Å²) in [4.78, 5) is 18.8. The third-order valence-corrected chi connectivity index (χ3v) is 4.40. The van der Waals surface area contributed by atoms with Crippen LogP contribution in [0, 0.1) is 10.1 Å². The summed E-state index contributed by atoms with van der Waals surface area (Å²) in [5.41, 5.74) is -1.19. The second kappa shape index (κ2) is 7.77. The number of nitro groups is 1. The molecule has 0 spiro atoms. The van der Waals surface area contributed by atoms with Crippen molar-refractivity contribution in [1.82, 2.24) is 9.97 Å². The van der Waals surface area contributed by atoms with E-state index in [4.69, 9.17) is 0 Å². The van der Waals surface area contributed by atoms with Crippen LogP contribution >= 0.6 is 0 Å². The van der Waals surface area contributed by atoms with Gasteiger partial charge in [0.15, 0.2) is 0 Å². The van der Waals surface area contributed by atoms with E-state index in [0.29, 0.717) is 0 Å². The van der Waals surface area contributed by atoms with Gasteiger partial charge in [0.2, 0.25) is 11.6 Å². The number of halogens is 3. The van der Waals surface area contributed by atoms with Gasteiger partial charge in [0.25, 0.3) is 0 Å². The Bertz CT molecular complexity index is 822. The summed E-state index contributed by atoms with van der Waals surface area (Å²) in [7, 11) is 0. The van der Waals surface area contributed by atoms with Crippen LogP contribution in [0.2, 0.25) is 0 Å². The summed E-state index contributed by atoms with van der Waals surface area (Å²) < 4.78 is 38.6. The normalized spacial score (nSPS) is 15.4. The molecule has 0 atom stereocenters. The lowest BCUT2D eigenvalue weighted by Crippen LogP contribution is -2.23. The van der Waals surface area contributed by atoms with Crippen LogP contribution in [0.1, 0.15) is 37.7 Å². The van der Waals surface area contributed by atoms with Gasteiger partial charge in [-0.15, -0.1) is 0 Å². The maximum atomic E-state index is 12.9. The topological polar surface area (TPSA) is 93.0 Å². The molecule has 0 saturated heterocycles. The van der Waals surface area contributed by atoms with Gasteiger partial charge in [0, 0.05) is 11.7 Å². The lowest BCUT2D eigenvalue weighted by Gasteiger charge is -2.23. The molecular formula is C17H18F3N5O2. The van der Waals surface area contributed by atoms with Gasteiger partial charge in [-0.2, -0.15) is 13.2 Å². The van der Waals surface area contributed by atoms with E-state index in [1.165, 1.54) is 12.1 Å². The van der Waals surface area contributed by atoms with Crippen molar-refractivity contribution in [3.8, 4) is 0 Å². The molecule has 0 bridgehead atoms. The van der Waals surface area contributed by atoms with Crippen LogP contribution in [0.25, 0.3) is 0 Å². The number of nitrogens with zero attached hydrogens (tertiary/aromatic N) is 3. The molecule has 0 amide bonds. The van der Waals surface area contributed by atoms with Crippen LogP contribution in [-0.2, 0) is 6.18 Å². The second-order valence-corrected chi connectivity index (χ2v) is 6.36. The molecule has 0 radical (unpaired) electrons. The summed E-state index contributed by atoms with van der Waals surface area (Å²) in [5, 5.41) is 17.3. The summed E-state index contributed by atoms with van der Waals surface area (Å²) in [6.45, 7) is 0. The molecule has 7 nitrogen and oxygen atoms in total. The highest BCUT2D eigenvalue weighted by Crippen LogP contribution is 2.35. The highest BCUT2D eigenvalue weighted by atomic mass is 19.4. The fraction of sp³-hybridized carbons (Fsp3) is 0.412. The Balaban J connectivity index is 1.89. The number of rotatable bonds is 5. The fourth-order valence-electron chi connectivity index (χ4n) is 3.10. The molecule has 2 N–H and O–H groups in total. The second-order valence-electron chi connectivity index (χ2n) is 6.36. The largest absolute Gasteiger partial charge is 0.416 e. The van der Waals surface area contributed by atoms with Crippen molar-refractivity contribution in [3.05, 3.63) is 46.3 Å². The average molecular weight is 381 g/mol. The molecule has 10 heteroatoms. The lowest BCUT2D eigenvalue weighted by atomic mass is 9.95. The van der Waals surface area contributed by atoms with Gasteiger partial charge in [-0.3, -0.25) is 10.1 Å². The zero-order chi connectivity index (χ0) is 19.4. The minimum absolute atomic E-state index is 0.0511. The highest BCUT2D eigenvalue weighted by molar-refractivity contribution is 5.74. The van der Waals surface area contributed by atoms with Crippen molar-refractivity contribution in [1.29, 1.82) is 0 Å². The van der Waals surface area contributed by atoms with Crippen LogP contribution in [0.4, 0.5) is 36.2 Å². The Morgan fingerprint density at radius 3 is 2.48 bits per heavy atom. The van der Waals surface area contributed by atoms with Gasteiger partial charge in [0.05, 0.1) is 10.5 Å². The van der Waals surface area contributed by atoms with Crippen molar-refractivity contribution in [2.24, 2.45) is 0 Å². The zero-order valence-electron chi connectivity index (χ0n) is 14.3. The molecule has 0 unspecified atom stereocenters. The zero-order valence-corrected chi connectivity index (χ0v) is 14.3. The molecule has 0 aliphatic heterocycles. The summed E-state index contributed by atoms with van der Waals surface area (Å²) in [5.74, 6) is -0.0935. The molecule has 1 aliphatic carbocycles. The quantitative estimate of drug-likeness (QED) is 0.566. The Labute approximate surface area is 153 Å². The molecule has 1 saturated carbocycles. The van der Waals surface area contributed by atoms with Crippen molar-refractivity contribution in [3.63, 3.8) is 0 Å². The van der Waals surface area contributed by atoms with Crippen LogP contribution in [0.3, 0.4) is 0 Å². The van der Waals surface area contributed by atoms with E-state index in [2.05, 4.69) is 20.6 Å². The number of nitrogens with one attached hydrogen (secondary N) is 2. The number of aromatic nitrogens is 2. The predicted molar refractivity (Wildman–Crippen MR) is 93.9 cm³/mol. The highest BCUT2D eigenvalue weighted by Gasteiger charge is 2.31. The van der Waals surface area contributed by atoms with E-state index in [1.807, 2.05) is 0 Å². The number of anilines is 3. The first-order valence-electron chi connectivity index (χ1n) is 8.55. The molecule has 1 aromatic carbocycles. The summed E-state index contributed by atoms with van der Waals surface area (Å²) >= 11 is 0. The van der Waals surface area contributed by atoms with Gasteiger partial charge >= 0.3 is 11.9 Å². The minimum atomic E-state index is -4.51. The molecule has 27 heavy (non-hydrogen) atoms. The Hall–Kier alpha value is -2.91. The van der Waals surface area contributed by atoms with Crippen molar-refractivity contribution < 1.29 is 18.1 Å². The average Bonchev–Trinajstić information content (AvgIpc) is 2.62. The third-order valence-electron chi connectivity index (χ3n) is 4.40. The van der Waals surface area contributed by atoms with Crippen molar-refractivity contribution in [2.45, 2.75) is 44.3 Å². The molecule has 2 aromatic rings. The molecule has 1 aliphatic rings. The third kappa shape index (κ3) is 4.63. The van der Waals surface area contributed by atoms with E-state index >= 15 is 0 Å². The first-order chi connectivity index (χ1) is 12.8. The van der Waals surface area contributed by atoms with Crippen molar-refractivity contribution in [2.75, 3.05) is 10.6 Å². The van der Waals surface area contributed by atoms with Crippen LogP contribution in [-0.4, -0.2) is 20.9 Å². The van der Waals surface area contributed by atoms with E-state index in [-0.39, 0.29) is 29.1 Å². The van der Waals surface area contributed by atoms with Crippen LogP contribution < -0.4 is 10.6 Å². The first kappa shape index (κ1) is 18.9. The smallest absolute Gasteiger partial charge is 0.361 e. The number of hydrogen-bond acceptors (Lipinski definition) is 6. The molecule has 3 rings (SSSR count). The molecular weight excluding hydrogens is 363 g/mol. The number of benzene rings is 1. The molecule has 1 heterocycles. The van der Waals surface area contributed by atoms with Gasteiger partial charge in [-0.05, 0) is 31.0 Å². The fourth-order valence-corrected chi connectivity index (χ4v) is 3.10. The van der Waals surface area contributed by atoms with E-state index in [0.717, 1.165) is 50.6 Å². The number of alkyl halides is 3. The van der Waals surface area contributed by atoms with Gasteiger partial charge in [0.1, 0.15) is 6.33 Å². The maximum absolute atomic E-state index is 12.9. The monoisotopic (exact) mass is 381 g/mol. The Kier molecular flexibility index (Phi) is 5.43. The van der Waals surface area contributed by atoms with E-state index < -0.39 is 16.7 Å². The minimum Gasteiger partial charge on any atom is -0.361 e. The van der Waals surface area contributed by atoms with Crippen LogP contribution in [0.5, 0.6) is 0 Å². The first-order valence-corrected chi connectivity index (χ1v) is 8.55. The SMILES string of the molecule is O=[N+]([O-])c1c(Nc2cccc(C(F)(F)F)c2)ncnc1NC1CCCCC1. The molecule has 1 aromatic heterocycles. The standard InChI is InChI=1S/C17H18F3N5O2/c18-17(19,20)11-5-4-8-13(9-11)24-16-14(25(26)27)15(21-10-22-16)23-12-6-2-1-3-7-12/h4-5,8-10,12H,1-3,6-7H2,(H2,21,22,23,24). The van der Waals surface area contributed by atoms with E-state index in [1.54, 1.807) is 0 Å². The lowest BCUT2D eigenvalue weighted by molar-refractivity contribution is -0.383. The maximum Gasteiger partial charge on any atom is 0.416 e. The summed E-state index contributed by atoms with van der Waals surface area (Å²) in [6, 6.07) is 4.48. The summed E-state index contributed by atoms with van der Waals surface area (Å²) in [6.07, 6.45) is 1.61. The van der Waals surface area contributed by atoms with E-state index in [9.17, 15) is 23.3 Å². The van der Waals surface area contributed by atoms with Gasteiger partial charge in [-0.25, -0.2) is 9.97 Å². The molecule has 144 valence electrons. The molecule has 1 fully saturated rings. The Morgan fingerprint density at radius 2 is 1.81 bits per heavy atom. The predicted octanol–water partition coefficient (Wildman–Crippen LogP) is 4.89. The van der Waals surface area contributed by atoms with Crippen molar-refractivity contribution >= 4 is 23.0 Å². The van der Waals surface area contributed by atoms with Gasteiger partial charge in [-0.1, -0.05) is 25.3 Å².